The Morgan fingerprint density at radius 2 is 2.04 bits per heavy atom. The summed E-state index contributed by atoms with van der Waals surface area (Å²) in [6, 6.07) is 4.41. The zero-order chi connectivity index (χ0) is 17.4. The van der Waals surface area contributed by atoms with Gasteiger partial charge in [-0.1, -0.05) is 18.1 Å². The molecule has 0 aliphatic heterocycles. The average molecular weight is 337 g/mol. The number of urea groups is 1. The van der Waals surface area contributed by atoms with Crippen LogP contribution in [0.4, 0.5) is 21.0 Å². The number of benzene rings is 1. The number of anilines is 2. The predicted octanol–water partition coefficient (Wildman–Crippen LogP) is 2.69. The topological polar surface area (TPSA) is 118 Å². The molecule has 0 saturated carbocycles. The van der Waals surface area contributed by atoms with Gasteiger partial charge in [0.1, 0.15) is 0 Å². The van der Waals surface area contributed by atoms with Gasteiger partial charge in [-0.15, -0.1) is 0 Å². The van der Waals surface area contributed by atoms with E-state index in [0.29, 0.717) is 23.5 Å². The van der Waals surface area contributed by atoms with Crippen LogP contribution in [0.15, 0.2) is 23.4 Å². The molecule has 0 saturated heterocycles. The number of hydrogen-bond acceptors (Lipinski definition) is 5. The second kappa shape index (κ2) is 8.69. The first-order chi connectivity index (χ1) is 10.8. The lowest BCUT2D eigenvalue weighted by molar-refractivity contribution is 0.166. The van der Waals surface area contributed by atoms with E-state index in [1.54, 1.807) is 32.0 Å². The molecular formula is C14H19N5O3S. The summed E-state index contributed by atoms with van der Waals surface area (Å²) in [7, 11) is 0. The maximum Gasteiger partial charge on any atom is 0.437 e. The Hall–Kier alpha value is -2.68. The smallest absolute Gasteiger partial charge is 0.376 e. The SMILES string of the molecule is CCC(C)=NOC(=O)Nc1ccc(C)c(NC(=O)NC(N)=S)c1. The Morgan fingerprint density at radius 3 is 2.65 bits per heavy atom. The van der Waals surface area contributed by atoms with Crippen LogP contribution in [0.25, 0.3) is 0 Å². The van der Waals surface area contributed by atoms with Crippen LogP contribution < -0.4 is 21.7 Å². The highest BCUT2D eigenvalue weighted by Crippen LogP contribution is 2.20. The van der Waals surface area contributed by atoms with Gasteiger partial charge in [0.15, 0.2) is 5.11 Å². The molecule has 8 nitrogen and oxygen atoms in total. The quantitative estimate of drug-likeness (QED) is 0.292. The lowest BCUT2D eigenvalue weighted by Crippen LogP contribution is -2.38. The molecule has 9 heteroatoms. The summed E-state index contributed by atoms with van der Waals surface area (Å²) < 4.78 is 0. The normalized spacial score (nSPS) is 10.7. The third-order valence-electron chi connectivity index (χ3n) is 2.76. The molecule has 23 heavy (non-hydrogen) atoms. The number of rotatable bonds is 4. The Morgan fingerprint density at radius 1 is 1.35 bits per heavy atom. The van der Waals surface area contributed by atoms with Crippen molar-refractivity contribution < 1.29 is 14.4 Å². The molecule has 0 aliphatic rings. The number of hydrogen-bond donors (Lipinski definition) is 4. The van der Waals surface area contributed by atoms with E-state index in [2.05, 4.69) is 33.3 Å². The van der Waals surface area contributed by atoms with Crippen LogP contribution in [0.2, 0.25) is 0 Å². The van der Waals surface area contributed by atoms with Crippen molar-refractivity contribution in [2.24, 2.45) is 10.9 Å². The van der Waals surface area contributed by atoms with Gasteiger partial charge in [0, 0.05) is 11.4 Å². The van der Waals surface area contributed by atoms with E-state index in [1.807, 2.05) is 6.92 Å². The number of nitrogens with one attached hydrogen (secondary N) is 3. The number of aryl methyl sites for hydroxylation is 1. The molecule has 0 aliphatic carbocycles. The lowest BCUT2D eigenvalue weighted by Gasteiger charge is -2.11. The fraction of sp³-hybridized carbons (Fsp3) is 0.286. The first kappa shape index (κ1) is 18.4. The van der Waals surface area contributed by atoms with Gasteiger partial charge in [0.25, 0.3) is 0 Å². The third-order valence-corrected chi connectivity index (χ3v) is 2.87. The minimum atomic E-state index is -0.722. The summed E-state index contributed by atoms with van der Waals surface area (Å²) in [4.78, 5) is 27.9. The van der Waals surface area contributed by atoms with Gasteiger partial charge in [-0.05, 0) is 50.2 Å². The van der Waals surface area contributed by atoms with Crippen molar-refractivity contribution in [3.63, 3.8) is 0 Å². The van der Waals surface area contributed by atoms with Crippen LogP contribution >= 0.6 is 12.2 Å². The van der Waals surface area contributed by atoms with Crippen LogP contribution in [0.3, 0.4) is 0 Å². The third kappa shape index (κ3) is 6.74. The average Bonchev–Trinajstić information content (AvgIpc) is 2.47. The van der Waals surface area contributed by atoms with Gasteiger partial charge in [0.05, 0.1) is 5.71 Å². The van der Waals surface area contributed by atoms with E-state index in [-0.39, 0.29) is 5.11 Å². The number of carbonyl (C=O) groups excluding carboxylic acids is 2. The molecule has 0 spiro atoms. The van der Waals surface area contributed by atoms with Crippen LogP contribution in [-0.2, 0) is 4.84 Å². The van der Waals surface area contributed by atoms with Gasteiger partial charge in [-0.2, -0.15) is 0 Å². The molecule has 5 N–H and O–H groups in total. The number of nitrogens with zero attached hydrogens (tertiary/aromatic N) is 1. The minimum Gasteiger partial charge on any atom is -0.376 e. The van der Waals surface area contributed by atoms with Gasteiger partial charge < -0.3 is 11.1 Å². The molecule has 0 unspecified atom stereocenters. The van der Waals surface area contributed by atoms with Crippen molar-refractivity contribution in [2.45, 2.75) is 27.2 Å². The van der Waals surface area contributed by atoms with E-state index < -0.39 is 12.1 Å². The maximum atomic E-state index is 11.6. The number of oxime groups is 1. The van der Waals surface area contributed by atoms with Crippen LogP contribution in [0, 0.1) is 6.92 Å². The Kier molecular flexibility index (Phi) is 6.94. The van der Waals surface area contributed by atoms with Gasteiger partial charge in [-0.3, -0.25) is 15.5 Å². The van der Waals surface area contributed by atoms with Gasteiger partial charge in [0.2, 0.25) is 0 Å². The standard InChI is InChI=1S/C14H19N5O3S/c1-4-9(3)19-22-14(21)16-10-6-5-8(2)11(7-10)17-13(20)18-12(15)23/h5-7H,4H2,1-3H3,(H,16,21)(H4,15,17,18,20,23). The molecule has 0 atom stereocenters. The maximum absolute atomic E-state index is 11.6. The fourth-order valence-corrected chi connectivity index (χ4v) is 1.52. The molecule has 0 bridgehead atoms. The summed E-state index contributed by atoms with van der Waals surface area (Å²) in [5.41, 5.74) is 7.64. The molecule has 124 valence electrons. The van der Waals surface area contributed by atoms with Crippen molar-refractivity contribution in [2.75, 3.05) is 10.6 Å². The fourth-order valence-electron chi connectivity index (χ4n) is 1.42. The molecular weight excluding hydrogens is 318 g/mol. The summed E-state index contributed by atoms with van der Waals surface area (Å²) in [6.07, 6.45) is -0.0375. The highest BCUT2D eigenvalue weighted by atomic mass is 32.1. The minimum absolute atomic E-state index is 0.137. The molecule has 0 fully saturated rings. The van der Waals surface area contributed by atoms with Gasteiger partial charge >= 0.3 is 12.1 Å². The lowest BCUT2D eigenvalue weighted by atomic mass is 10.2. The monoisotopic (exact) mass is 337 g/mol. The van der Waals surface area contributed by atoms with Crippen molar-refractivity contribution in [3.05, 3.63) is 23.8 Å². The van der Waals surface area contributed by atoms with Crippen molar-refractivity contribution >= 4 is 46.5 Å². The molecule has 1 aromatic carbocycles. The second-order valence-corrected chi connectivity index (χ2v) is 5.10. The Balaban J connectivity index is 2.75. The van der Waals surface area contributed by atoms with Gasteiger partial charge in [-0.25, -0.2) is 9.59 Å². The number of amides is 3. The summed E-state index contributed by atoms with van der Waals surface area (Å²) in [6.45, 7) is 5.45. The zero-order valence-corrected chi connectivity index (χ0v) is 13.9. The molecule has 0 heterocycles. The molecule has 1 rings (SSSR count). The zero-order valence-electron chi connectivity index (χ0n) is 13.1. The Labute approximate surface area is 139 Å². The molecule has 0 radical (unpaired) electrons. The summed E-state index contributed by atoms with van der Waals surface area (Å²) in [5, 5.41) is 10.9. The van der Waals surface area contributed by atoms with E-state index in [1.165, 1.54) is 0 Å². The number of thiocarbonyl (C=S) groups is 1. The van der Waals surface area contributed by atoms with E-state index >= 15 is 0 Å². The Bertz CT molecular complexity index is 645. The van der Waals surface area contributed by atoms with Crippen molar-refractivity contribution in [1.82, 2.24) is 5.32 Å². The van der Waals surface area contributed by atoms with Crippen molar-refractivity contribution in [1.29, 1.82) is 0 Å². The largest absolute Gasteiger partial charge is 0.437 e. The highest BCUT2D eigenvalue weighted by Gasteiger charge is 2.08. The second-order valence-electron chi connectivity index (χ2n) is 4.66. The van der Waals surface area contributed by atoms with E-state index in [4.69, 9.17) is 10.6 Å². The van der Waals surface area contributed by atoms with Crippen LogP contribution in [0.1, 0.15) is 25.8 Å². The molecule has 3 amide bonds. The van der Waals surface area contributed by atoms with Crippen LogP contribution in [0.5, 0.6) is 0 Å². The number of nitrogens with two attached hydrogens (primary N) is 1. The summed E-state index contributed by atoms with van der Waals surface area (Å²) in [5.74, 6) is 0. The first-order valence-corrected chi connectivity index (χ1v) is 7.22. The summed E-state index contributed by atoms with van der Waals surface area (Å²) >= 11 is 4.58. The predicted molar refractivity (Wildman–Crippen MR) is 93.6 cm³/mol. The highest BCUT2D eigenvalue weighted by molar-refractivity contribution is 7.80. The van der Waals surface area contributed by atoms with E-state index in [0.717, 1.165) is 5.56 Å². The van der Waals surface area contributed by atoms with Crippen LogP contribution in [-0.4, -0.2) is 22.9 Å². The van der Waals surface area contributed by atoms with E-state index in [9.17, 15) is 9.59 Å². The molecule has 0 aromatic heterocycles. The molecule has 1 aromatic rings. The first-order valence-electron chi connectivity index (χ1n) is 6.81. The van der Waals surface area contributed by atoms with Crippen molar-refractivity contribution in [3.8, 4) is 0 Å². The number of carbonyl (C=O) groups is 2.